The van der Waals surface area contributed by atoms with Gasteiger partial charge in [-0.1, -0.05) is 30.3 Å². The number of aromatic nitrogens is 2. The number of hydrogen-bond acceptors (Lipinski definition) is 2. The van der Waals surface area contributed by atoms with Gasteiger partial charge in [0.25, 0.3) is 0 Å². The highest BCUT2D eigenvalue weighted by Crippen LogP contribution is 2.28. The number of anilines is 1. The van der Waals surface area contributed by atoms with Gasteiger partial charge in [0, 0.05) is 37.7 Å². The van der Waals surface area contributed by atoms with Crippen molar-refractivity contribution in [2.75, 3.05) is 19.0 Å². The number of hydrogen-bond donors (Lipinski definition) is 0. The third kappa shape index (κ3) is 2.30. The summed E-state index contributed by atoms with van der Waals surface area (Å²) >= 11 is 0. The van der Waals surface area contributed by atoms with E-state index in [0.29, 0.717) is 0 Å². The van der Waals surface area contributed by atoms with E-state index < -0.39 is 0 Å². The summed E-state index contributed by atoms with van der Waals surface area (Å²) in [5.41, 5.74) is 4.66. The van der Waals surface area contributed by atoms with Crippen molar-refractivity contribution in [3.63, 3.8) is 0 Å². The molecule has 0 bridgehead atoms. The lowest BCUT2D eigenvalue weighted by molar-refractivity contribution is 0.882. The van der Waals surface area contributed by atoms with Crippen molar-refractivity contribution in [1.29, 1.82) is 0 Å². The summed E-state index contributed by atoms with van der Waals surface area (Å²) in [6.07, 6.45) is 3.77. The molecule has 3 heteroatoms. The number of rotatable bonds is 3. The summed E-state index contributed by atoms with van der Waals surface area (Å²) in [5.74, 6) is 0. The zero-order chi connectivity index (χ0) is 13.9. The van der Waals surface area contributed by atoms with Gasteiger partial charge in [0.2, 0.25) is 0 Å². The quantitative estimate of drug-likeness (QED) is 0.720. The van der Waals surface area contributed by atoms with Crippen LogP contribution in [-0.2, 0) is 0 Å². The van der Waals surface area contributed by atoms with Crippen LogP contribution in [0.2, 0.25) is 0 Å². The topological polar surface area (TPSA) is 21.1 Å². The van der Waals surface area contributed by atoms with E-state index in [2.05, 4.69) is 66.6 Å². The molecule has 0 fully saturated rings. The molecule has 0 amide bonds. The van der Waals surface area contributed by atoms with Crippen molar-refractivity contribution < 1.29 is 0 Å². The second-order valence-corrected chi connectivity index (χ2v) is 4.91. The fourth-order valence-electron chi connectivity index (χ4n) is 2.28. The minimum absolute atomic E-state index is 1.09. The van der Waals surface area contributed by atoms with Crippen molar-refractivity contribution >= 4 is 5.69 Å². The summed E-state index contributed by atoms with van der Waals surface area (Å²) < 4.78 is 1.90. The van der Waals surface area contributed by atoms with Crippen molar-refractivity contribution in [3.05, 3.63) is 67.0 Å². The van der Waals surface area contributed by atoms with Crippen LogP contribution < -0.4 is 4.90 Å². The zero-order valence-electron chi connectivity index (χ0n) is 11.7. The van der Waals surface area contributed by atoms with Gasteiger partial charge in [-0.15, -0.1) is 0 Å². The summed E-state index contributed by atoms with van der Waals surface area (Å²) in [6, 6.07) is 18.8. The molecule has 0 N–H and O–H groups in total. The first-order chi connectivity index (χ1) is 9.75. The maximum atomic E-state index is 4.34. The minimum Gasteiger partial charge on any atom is -0.378 e. The van der Waals surface area contributed by atoms with Gasteiger partial charge in [0.1, 0.15) is 0 Å². The van der Waals surface area contributed by atoms with Gasteiger partial charge < -0.3 is 4.90 Å². The zero-order valence-corrected chi connectivity index (χ0v) is 11.7. The molecular formula is C17H17N3. The van der Waals surface area contributed by atoms with E-state index in [4.69, 9.17) is 0 Å². The van der Waals surface area contributed by atoms with E-state index in [1.807, 2.05) is 23.0 Å². The van der Waals surface area contributed by atoms with E-state index >= 15 is 0 Å². The van der Waals surface area contributed by atoms with E-state index in [0.717, 1.165) is 5.69 Å². The smallest absolute Gasteiger partial charge is 0.0723 e. The molecule has 0 radical (unpaired) electrons. The molecule has 0 spiro atoms. The highest BCUT2D eigenvalue weighted by atomic mass is 15.3. The molecule has 0 saturated carbocycles. The maximum absolute atomic E-state index is 4.34. The van der Waals surface area contributed by atoms with Gasteiger partial charge in [-0.2, -0.15) is 5.10 Å². The molecule has 3 nitrogen and oxygen atoms in total. The van der Waals surface area contributed by atoms with Crippen LogP contribution in [0, 0.1) is 0 Å². The molecule has 3 aromatic rings. The summed E-state index contributed by atoms with van der Waals surface area (Å²) in [7, 11) is 4.11. The van der Waals surface area contributed by atoms with Gasteiger partial charge in [0.05, 0.1) is 5.69 Å². The highest BCUT2D eigenvalue weighted by Gasteiger charge is 2.07. The fraction of sp³-hybridized carbons (Fsp3) is 0.118. The standard InChI is InChI=1S/C17H17N3/c1-19(2)15-8-5-7-14(13-15)16-9-3-4-10-17(16)20-12-6-11-18-20/h3-13H,1-2H3. The van der Waals surface area contributed by atoms with E-state index in [1.54, 1.807) is 6.20 Å². The lowest BCUT2D eigenvalue weighted by Crippen LogP contribution is -2.08. The Kier molecular flexibility index (Phi) is 3.25. The van der Waals surface area contributed by atoms with Crippen LogP contribution in [0.15, 0.2) is 67.0 Å². The number of benzene rings is 2. The second-order valence-electron chi connectivity index (χ2n) is 4.91. The molecular weight excluding hydrogens is 246 g/mol. The SMILES string of the molecule is CN(C)c1cccc(-c2ccccc2-n2cccn2)c1. The Morgan fingerprint density at radius 1 is 0.950 bits per heavy atom. The molecule has 2 aromatic carbocycles. The maximum Gasteiger partial charge on any atom is 0.0723 e. The molecule has 0 saturated heterocycles. The average molecular weight is 263 g/mol. The lowest BCUT2D eigenvalue weighted by atomic mass is 10.0. The van der Waals surface area contributed by atoms with Crippen molar-refractivity contribution in [3.8, 4) is 16.8 Å². The summed E-state index contributed by atoms with van der Waals surface area (Å²) in [5, 5.41) is 4.34. The Labute approximate surface area is 119 Å². The lowest BCUT2D eigenvalue weighted by Gasteiger charge is -2.15. The molecule has 0 atom stereocenters. The Morgan fingerprint density at radius 2 is 1.80 bits per heavy atom. The fourth-order valence-corrected chi connectivity index (χ4v) is 2.28. The van der Waals surface area contributed by atoms with Gasteiger partial charge in [-0.25, -0.2) is 4.68 Å². The molecule has 0 aliphatic rings. The first-order valence-corrected chi connectivity index (χ1v) is 6.62. The predicted octanol–water partition coefficient (Wildman–Crippen LogP) is 3.61. The summed E-state index contributed by atoms with van der Waals surface area (Å²) in [6.45, 7) is 0. The van der Waals surface area contributed by atoms with Crippen LogP contribution in [0.25, 0.3) is 16.8 Å². The van der Waals surface area contributed by atoms with Gasteiger partial charge in [-0.05, 0) is 29.8 Å². The Balaban J connectivity index is 2.13. The van der Waals surface area contributed by atoms with Gasteiger partial charge in [0.15, 0.2) is 0 Å². The van der Waals surface area contributed by atoms with Gasteiger partial charge in [-0.3, -0.25) is 0 Å². The van der Waals surface area contributed by atoms with E-state index in [1.165, 1.54) is 16.8 Å². The highest BCUT2D eigenvalue weighted by molar-refractivity contribution is 5.75. The molecule has 0 unspecified atom stereocenters. The first-order valence-electron chi connectivity index (χ1n) is 6.62. The number of nitrogens with zero attached hydrogens (tertiary/aromatic N) is 3. The van der Waals surface area contributed by atoms with Crippen molar-refractivity contribution in [2.24, 2.45) is 0 Å². The molecule has 20 heavy (non-hydrogen) atoms. The van der Waals surface area contributed by atoms with Crippen molar-refractivity contribution in [2.45, 2.75) is 0 Å². The monoisotopic (exact) mass is 263 g/mol. The molecule has 1 heterocycles. The predicted molar refractivity (Wildman–Crippen MR) is 83.3 cm³/mol. The third-order valence-electron chi connectivity index (χ3n) is 3.33. The third-order valence-corrected chi connectivity index (χ3v) is 3.33. The largest absolute Gasteiger partial charge is 0.378 e. The molecule has 0 aliphatic carbocycles. The molecule has 0 aliphatic heterocycles. The van der Waals surface area contributed by atoms with Crippen LogP contribution >= 0.6 is 0 Å². The average Bonchev–Trinajstić information content (AvgIpc) is 3.01. The van der Waals surface area contributed by atoms with Crippen LogP contribution in [0.5, 0.6) is 0 Å². The van der Waals surface area contributed by atoms with Gasteiger partial charge >= 0.3 is 0 Å². The first kappa shape index (κ1) is 12.5. The minimum atomic E-state index is 1.09. The van der Waals surface area contributed by atoms with Crippen LogP contribution in [0.1, 0.15) is 0 Å². The summed E-state index contributed by atoms with van der Waals surface area (Å²) in [4.78, 5) is 2.11. The Morgan fingerprint density at radius 3 is 2.55 bits per heavy atom. The normalized spacial score (nSPS) is 10.5. The molecule has 100 valence electrons. The van der Waals surface area contributed by atoms with Crippen molar-refractivity contribution in [1.82, 2.24) is 9.78 Å². The Hall–Kier alpha value is -2.55. The molecule has 3 rings (SSSR count). The Bertz CT molecular complexity index is 700. The number of para-hydroxylation sites is 1. The second kappa shape index (κ2) is 5.21. The van der Waals surface area contributed by atoms with Crippen LogP contribution in [-0.4, -0.2) is 23.9 Å². The van der Waals surface area contributed by atoms with Crippen LogP contribution in [0.3, 0.4) is 0 Å². The van der Waals surface area contributed by atoms with E-state index in [9.17, 15) is 0 Å². The molecule has 1 aromatic heterocycles. The van der Waals surface area contributed by atoms with E-state index in [-0.39, 0.29) is 0 Å². The van der Waals surface area contributed by atoms with Crippen LogP contribution in [0.4, 0.5) is 5.69 Å².